The van der Waals surface area contributed by atoms with E-state index in [1.807, 2.05) is 0 Å². The van der Waals surface area contributed by atoms with Crippen LogP contribution in [0.25, 0.3) is 0 Å². The minimum Gasteiger partial charge on any atom is -0.344 e. The van der Waals surface area contributed by atoms with Crippen molar-refractivity contribution in [1.29, 1.82) is 0 Å². The zero-order valence-corrected chi connectivity index (χ0v) is 4.98. The van der Waals surface area contributed by atoms with Crippen molar-refractivity contribution in [3.8, 4) is 0 Å². The zero-order chi connectivity index (χ0) is 5.86. The molecular formula is C4H10FNO2. The number of hydrogen-bond acceptors (Lipinski definition) is 3. The van der Waals surface area contributed by atoms with Gasteiger partial charge in [0.2, 0.25) is 0 Å². The topological polar surface area (TPSA) is 61.3 Å². The Labute approximate surface area is 47.3 Å². The van der Waals surface area contributed by atoms with Crippen LogP contribution in [0, 0.1) is 5.92 Å². The molecule has 0 atom stereocenters. The van der Waals surface area contributed by atoms with E-state index < -0.39 is 5.97 Å². The van der Waals surface area contributed by atoms with Crippen LogP contribution in [0.1, 0.15) is 13.8 Å². The van der Waals surface area contributed by atoms with E-state index in [4.69, 9.17) is 0 Å². The van der Waals surface area contributed by atoms with Gasteiger partial charge in [-0.05, 0) is 0 Å². The van der Waals surface area contributed by atoms with Crippen LogP contribution in [0.15, 0.2) is 0 Å². The maximum Gasteiger partial charge on any atom is 0.351 e. The molecular weight excluding hydrogens is 113 g/mol. The molecule has 4 heteroatoms. The van der Waals surface area contributed by atoms with Crippen LogP contribution in [0.4, 0.5) is 4.53 Å². The molecule has 0 heterocycles. The predicted octanol–water partition coefficient (Wildman–Crippen LogP) is 1.23. The number of carbonyl (C=O) groups excluding carboxylic acids is 1. The molecule has 0 aromatic carbocycles. The predicted molar refractivity (Wildman–Crippen MR) is 27.1 cm³/mol. The molecule has 3 nitrogen and oxygen atoms in total. The molecule has 0 spiro atoms. The second-order valence-electron chi connectivity index (χ2n) is 1.55. The van der Waals surface area contributed by atoms with Gasteiger partial charge in [-0.3, -0.25) is 4.94 Å². The molecule has 0 radical (unpaired) electrons. The number of rotatable bonds is 1. The van der Waals surface area contributed by atoms with Crippen molar-refractivity contribution in [2.45, 2.75) is 13.8 Å². The summed E-state index contributed by atoms with van der Waals surface area (Å²) in [5.41, 5.74) is 0. The molecule has 50 valence electrons. The molecule has 0 bridgehead atoms. The number of hydrogen-bond donors (Lipinski definition) is 1. The molecule has 0 aromatic rings. The monoisotopic (exact) mass is 123 g/mol. The standard InChI is InChI=1S/C4H7FO2.H3N/c1-3(2)4(6)7-5;/h3H,1-2H3;1H3. The van der Waals surface area contributed by atoms with Gasteiger partial charge in [-0.1, -0.05) is 13.8 Å². The molecule has 0 amide bonds. The Morgan fingerprint density at radius 1 is 1.62 bits per heavy atom. The number of halogens is 1. The minimum absolute atomic E-state index is 0. The summed E-state index contributed by atoms with van der Waals surface area (Å²) in [5, 5.41) is 0. The minimum atomic E-state index is -0.819. The summed E-state index contributed by atoms with van der Waals surface area (Å²) in [6.07, 6.45) is 0. The molecule has 0 saturated heterocycles. The van der Waals surface area contributed by atoms with Gasteiger partial charge in [0.25, 0.3) is 0 Å². The van der Waals surface area contributed by atoms with Gasteiger partial charge in [0.05, 0.1) is 5.92 Å². The second kappa shape index (κ2) is 4.52. The van der Waals surface area contributed by atoms with E-state index in [0.29, 0.717) is 0 Å². The third-order valence-corrected chi connectivity index (χ3v) is 0.547. The smallest absolute Gasteiger partial charge is 0.344 e. The lowest BCUT2D eigenvalue weighted by molar-refractivity contribution is -0.187. The van der Waals surface area contributed by atoms with Gasteiger partial charge in [-0.15, -0.1) is 0 Å². The highest BCUT2D eigenvalue weighted by molar-refractivity contribution is 5.70. The largest absolute Gasteiger partial charge is 0.351 e. The summed E-state index contributed by atoms with van der Waals surface area (Å²) in [6.45, 7) is 3.11. The molecule has 0 aliphatic heterocycles. The van der Waals surface area contributed by atoms with Crippen LogP contribution in [-0.4, -0.2) is 5.97 Å². The van der Waals surface area contributed by atoms with Crippen molar-refractivity contribution >= 4 is 5.97 Å². The third kappa shape index (κ3) is 3.55. The normalized spacial score (nSPS) is 8.00. The van der Waals surface area contributed by atoms with Gasteiger partial charge in [0.1, 0.15) is 0 Å². The van der Waals surface area contributed by atoms with Crippen LogP contribution in [0.5, 0.6) is 0 Å². The molecule has 0 saturated carbocycles. The van der Waals surface area contributed by atoms with E-state index in [1.54, 1.807) is 13.8 Å². The van der Waals surface area contributed by atoms with E-state index in [-0.39, 0.29) is 12.1 Å². The second-order valence-corrected chi connectivity index (χ2v) is 1.55. The van der Waals surface area contributed by atoms with Crippen LogP contribution >= 0.6 is 0 Å². The van der Waals surface area contributed by atoms with Crippen molar-refractivity contribution in [3.05, 3.63) is 0 Å². The Morgan fingerprint density at radius 2 is 2.00 bits per heavy atom. The average Bonchev–Trinajstić information content (AvgIpc) is 1.65. The van der Waals surface area contributed by atoms with E-state index in [1.165, 1.54) is 0 Å². The van der Waals surface area contributed by atoms with Crippen LogP contribution < -0.4 is 6.15 Å². The first-order chi connectivity index (χ1) is 3.18. The van der Waals surface area contributed by atoms with Gasteiger partial charge in [0, 0.05) is 4.53 Å². The fourth-order valence-corrected chi connectivity index (χ4v) is 0.0891. The quantitative estimate of drug-likeness (QED) is 0.570. The molecule has 0 aliphatic rings. The van der Waals surface area contributed by atoms with E-state index in [9.17, 15) is 9.32 Å². The summed E-state index contributed by atoms with van der Waals surface area (Å²) in [7, 11) is 0. The summed E-state index contributed by atoms with van der Waals surface area (Å²) in [5.74, 6) is -1.19. The Morgan fingerprint density at radius 3 is 2.00 bits per heavy atom. The molecule has 0 rings (SSSR count). The van der Waals surface area contributed by atoms with Crippen molar-refractivity contribution < 1.29 is 14.3 Å². The SMILES string of the molecule is CC(C)C(=O)OF.N. The van der Waals surface area contributed by atoms with Crippen molar-refractivity contribution in [2.24, 2.45) is 5.92 Å². The Bertz CT molecular complexity index is 74.4. The zero-order valence-electron chi connectivity index (χ0n) is 4.98. The van der Waals surface area contributed by atoms with Gasteiger partial charge in [-0.2, -0.15) is 0 Å². The maximum atomic E-state index is 10.8. The van der Waals surface area contributed by atoms with Crippen LogP contribution in [0.3, 0.4) is 0 Å². The Balaban J connectivity index is 0. The van der Waals surface area contributed by atoms with Crippen molar-refractivity contribution in [2.75, 3.05) is 0 Å². The Hall–Kier alpha value is -0.640. The van der Waals surface area contributed by atoms with Gasteiger partial charge in [-0.25, -0.2) is 4.79 Å². The first-order valence-corrected chi connectivity index (χ1v) is 2.01. The third-order valence-electron chi connectivity index (χ3n) is 0.547. The van der Waals surface area contributed by atoms with Gasteiger partial charge < -0.3 is 6.15 Å². The van der Waals surface area contributed by atoms with Crippen molar-refractivity contribution in [3.63, 3.8) is 0 Å². The van der Waals surface area contributed by atoms with Crippen molar-refractivity contribution in [1.82, 2.24) is 6.15 Å². The van der Waals surface area contributed by atoms with E-state index in [0.717, 1.165) is 0 Å². The van der Waals surface area contributed by atoms with Gasteiger partial charge in [0.15, 0.2) is 0 Å². The maximum absolute atomic E-state index is 10.8. The highest BCUT2D eigenvalue weighted by Crippen LogP contribution is 1.94. The molecule has 3 N–H and O–H groups in total. The van der Waals surface area contributed by atoms with Crippen LogP contribution in [-0.2, 0) is 9.74 Å². The average molecular weight is 123 g/mol. The molecule has 0 aromatic heterocycles. The first kappa shape index (κ1) is 10.4. The summed E-state index contributed by atoms with van der Waals surface area (Å²) in [4.78, 5) is 12.8. The molecule has 8 heavy (non-hydrogen) atoms. The molecule has 0 unspecified atom stereocenters. The lowest BCUT2D eigenvalue weighted by Gasteiger charge is -1.92. The summed E-state index contributed by atoms with van der Waals surface area (Å²) < 4.78 is 10.8. The Kier molecular flexibility index (Phi) is 5.85. The highest BCUT2D eigenvalue weighted by Gasteiger charge is 2.06. The molecule has 0 fully saturated rings. The highest BCUT2D eigenvalue weighted by atomic mass is 19.3. The van der Waals surface area contributed by atoms with E-state index in [2.05, 4.69) is 4.94 Å². The van der Waals surface area contributed by atoms with Gasteiger partial charge >= 0.3 is 5.97 Å². The van der Waals surface area contributed by atoms with Crippen LogP contribution in [0.2, 0.25) is 0 Å². The fraction of sp³-hybridized carbons (Fsp3) is 0.750. The first-order valence-electron chi connectivity index (χ1n) is 2.01. The lowest BCUT2D eigenvalue weighted by Crippen LogP contribution is -2.05. The number of carbonyl (C=O) groups is 1. The van der Waals surface area contributed by atoms with E-state index >= 15 is 0 Å². The fourth-order valence-electron chi connectivity index (χ4n) is 0.0891. The molecule has 0 aliphatic carbocycles. The summed E-state index contributed by atoms with van der Waals surface area (Å²) >= 11 is 0. The summed E-state index contributed by atoms with van der Waals surface area (Å²) in [6, 6.07) is 0. The lowest BCUT2D eigenvalue weighted by atomic mass is 10.2.